The molecule has 23 heavy (non-hydrogen) atoms. The van der Waals surface area contributed by atoms with E-state index in [9.17, 15) is 19.4 Å². The molecule has 0 bridgehead atoms. The molecule has 2 unspecified atom stereocenters. The Kier molecular flexibility index (Phi) is 3.93. The number of aromatic amines is 1. The molecule has 1 fully saturated rings. The van der Waals surface area contributed by atoms with Gasteiger partial charge in [0.05, 0.1) is 12.0 Å². The quantitative estimate of drug-likeness (QED) is 0.610. The molecule has 0 amide bonds. The second-order valence-electron chi connectivity index (χ2n) is 5.71. The minimum absolute atomic E-state index is 0.0241. The molecule has 0 saturated carbocycles. The minimum Gasteiger partial charge on any atom is -0.394 e. The van der Waals surface area contributed by atoms with Crippen LogP contribution in [0.5, 0.6) is 0 Å². The number of fused-ring (bicyclic) bond motifs is 1. The van der Waals surface area contributed by atoms with Gasteiger partial charge in [-0.2, -0.15) is 0 Å². The molecule has 1 saturated heterocycles. The summed E-state index contributed by atoms with van der Waals surface area (Å²) in [6.07, 6.45) is -4.89. The molecule has 1 aliphatic rings. The van der Waals surface area contributed by atoms with Crippen LogP contribution in [0.4, 0.5) is 4.39 Å². The molecule has 3 rings (SSSR count). The third-order valence-electron chi connectivity index (χ3n) is 4.29. The zero-order valence-corrected chi connectivity index (χ0v) is 12.6. The van der Waals surface area contributed by atoms with E-state index in [0.717, 1.165) is 0 Å². The molecule has 2 aromatic heterocycles. The zero-order chi connectivity index (χ0) is 16.9. The number of pyridine rings is 2. The summed E-state index contributed by atoms with van der Waals surface area (Å²) in [5.41, 5.74) is 0.306. The second kappa shape index (κ2) is 5.64. The lowest BCUT2D eigenvalue weighted by Crippen LogP contribution is -2.33. The average molecular weight is 324 g/mol. The van der Waals surface area contributed by atoms with Gasteiger partial charge in [0.2, 0.25) is 0 Å². The van der Waals surface area contributed by atoms with E-state index in [0.29, 0.717) is 11.3 Å². The van der Waals surface area contributed by atoms with Crippen molar-refractivity contribution in [2.75, 3.05) is 6.61 Å². The van der Waals surface area contributed by atoms with Crippen molar-refractivity contribution in [3.8, 4) is 0 Å². The molecular formula is C15H17FN2O5. The first-order chi connectivity index (χ1) is 10.8. The molecule has 4 N–H and O–H groups in total. The maximum atomic E-state index is 14.4. The monoisotopic (exact) mass is 324 g/mol. The van der Waals surface area contributed by atoms with Gasteiger partial charge in [-0.3, -0.25) is 4.79 Å². The normalized spacial score (nSPS) is 27.7. The van der Waals surface area contributed by atoms with E-state index in [1.54, 1.807) is 13.8 Å². The molecule has 0 aliphatic carbocycles. The van der Waals surface area contributed by atoms with E-state index < -0.39 is 42.4 Å². The fourth-order valence-electron chi connectivity index (χ4n) is 2.77. The number of hydrogen-bond acceptors (Lipinski definition) is 6. The van der Waals surface area contributed by atoms with Gasteiger partial charge in [0.25, 0.3) is 5.56 Å². The molecule has 3 heterocycles. The summed E-state index contributed by atoms with van der Waals surface area (Å²) < 4.78 is 19.8. The van der Waals surface area contributed by atoms with Crippen molar-refractivity contribution in [1.29, 1.82) is 0 Å². The fourth-order valence-corrected chi connectivity index (χ4v) is 2.77. The lowest BCUT2D eigenvalue weighted by Gasteiger charge is -2.15. The number of ether oxygens (including phenoxy) is 1. The predicted octanol–water partition coefficient (Wildman–Crippen LogP) is -0.167. The summed E-state index contributed by atoms with van der Waals surface area (Å²) in [4.78, 5) is 18.8. The Hall–Kier alpha value is -1.87. The highest BCUT2D eigenvalue weighted by molar-refractivity contribution is 5.77. The summed E-state index contributed by atoms with van der Waals surface area (Å²) in [5, 5.41) is 29.0. The van der Waals surface area contributed by atoms with E-state index in [2.05, 4.69) is 9.97 Å². The van der Waals surface area contributed by atoms with E-state index in [4.69, 9.17) is 9.84 Å². The number of H-pyrrole nitrogens is 1. The van der Waals surface area contributed by atoms with E-state index in [1.165, 1.54) is 6.07 Å². The number of aromatic nitrogens is 2. The van der Waals surface area contributed by atoms with Crippen LogP contribution in [-0.2, 0) is 4.74 Å². The van der Waals surface area contributed by atoms with Crippen LogP contribution in [0.2, 0.25) is 0 Å². The van der Waals surface area contributed by atoms with Crippen LogP contribution in [0, 0.1) is 19.7 Å². The van der Waals surface area contributed by atoms with Crippen LogP contribution in [0.25, 0.3) is 11.0 Å². The van der Waals surface area contributed by atoms with Gasteiger partial charge in [0.15, 0.2) is 0 Å². The number of hydrogen-bond donors (Lipinski definition) is 4. The van der Waals surface area contributed by atoms with E-state index >= 15 is 0 Å². The van der Waals surface area contributed by atoms with Gasteiger partial charge in [-0.25, -0.2) is 9.37 Å². The summed E-state index contributed by atoms with van der Waals surface area (Å²) in [7, 11) is 0. The standard InChI is InChI=1S/C15H17FN2O5/c1-5-6(2)17-14-7(10(5)16)3-8(15(22)18-14)13-12(21)11(20)9(4-19)23-13/h3,9,11-13,19-21H,4H2,1-2H3,(H,17,18,22)/t9-,11?,12?,13+/m1/s1. The summed E-state index contributed by atoms with van der Waals surface area (Å²) >= 11 is 0. The predicted molar refractivity (Wildman–Crippen MR) is 78.5 cm³/mol. The van der Waals surface area contributed by atoms with Crippen LogP contribution in [0.3, 0.4) is 0 Å². The Labute approximate surface area is 130 Å². The largest absolute Gasteiger partial charge is 0.394 e. The van der Waals surface area contributed by atoms with Gasteiger partial charge >= 0.3 is 0 Å². The van der Waals surface area contributed by atoms with Crippen LogP contribution in [0.15, 0.2) is 10.9 Å². The van der Waals surface area contributed by atoms with Crippen molar-refractivity contribution in [2.45, 2.75) is 38.3 Å². The number of halogens is 1. The average Bonchev–Trinajstić information content (AvgIpc) is 2.80. The number of rotatable bonds is 2. The molecule has 0 radical (unpaired) electrons. The van der Waals surface area contributed by atoms with Crippen LogP contribution in [0.1, 0.15) is 22.9 Å². The number of aliphatic hydroxyl groups excluding tert-OH is 3. The highest BCUT2D eigenvalue weighted by atomic mass is 19.1. The van der Waals surface area contributed by atoms with E-state index in [-0.39, 0.29) is 16.6 Å². The molecule has 2 aromatic rings. The van der Waals surface area contributed by atoms with Gasteiger partial charge in [0.1, 0.15) is 35.9 Å². The Morgan fingerprint density at radius 3 is 2.65 bits per heavy atom. The van der Waals surface area contributed by atoms with Crippen molar-refractivity contribution >= 4 is 11.0 Å². The molecular weight excluding hydrogens is 307 g/mol. The van der Waals surface area contributed by atoms with Gasteiger partial charge < -0.3 is 25.0 Å². The topological polar surface area (TPSA) is 116 Å². The van der Waals surface area contributed by atoms with Crippen molar-refractivity contribution in [3.05, 3.63) is 39.1 Å². The third kappa shape index (κ3) is 2.43. The molecule has 0 aromatic carbocycles. The Bertz CT molecular complexity index is 822. The Morgan fingerprint density at radius 1 is 1.35 bits per heavy atom. The lowest BCUT2D eigenvalue weighted by molar-refractivity contribution is -0.0231. The molecule has 4 atom stereocenters. The fraction of sp³-hybridized carbons (Fsp3) is 0.467. The SMILES string of the molecule is Cc1nc2[nH]c(=O)c([C@@H]3O[C@H](CO)C(O)C3O)cc2c(F)c1C. The number of nitrogens with zero attached hydrogens (tertiary/aromatic N) is 1. The first-order valence-electron chi connectivity index (χ1n) is 7.17. The highest BCUT2D eigenvalue weighted by Crippen LogP contribution is 2.33. The Balaban J connectivity index is 2.16. The summed E-state index contributed by atoms with van der Waals surface area (Å²) in [6, 6.07) is 1.27. The van der Waals surface area contributed by atoms with Crippen molar-refractivity contribution in [3.63, 3.8) is 0 Å². The van der Waals surface area contributed by atoms with Gasteiger partial charge in [-0.15, -0.1) is 0 Å². The molecule has 8 heteroatoms. The van der Waals surface area contributed by atoms with Crippen LogP contribution < -0.4 is 5.56 Å². The first-order valence-corrected chi connectivity index (χ1v) is 7.17. The summed E-state index contributed by atoms with van der Waals surface area (Å²) in [6.45, 7) is 2.71. The van der Waals surface area contributed by atoms with Crippen LogP contribution >= 0.6 is 0 Å². The Morgan fingerprint density at radius 2 is 2.04 bits per heavy atom. The second-order valence-corrected chi connectivity index (χ2v) is 5.71. The molecule has 7 nitrogen and oxygen atoms in total. The smallest absolute Gasteiger partial charge is 0.255 e. The minimum atomic E-state index is -1.40. The summed E-state index contributed by atoms with van der Waals surface area (Å²) in [5.74, 6) is -0.517. The van der Waals surface area contributed by atoms with Gasteiger partial charge in [0, 0.05) is 16.8 Å². The van der Waals surface area contributed by atoms with Gasteiger partial charge in [-0.1, -0.05) is 0 Å². The van der Waals surface area contributed by atoms with E-state index in [1.807, 2.05) is 0 Å². The molecule has 124 valence electrons. The molecule has 1 aliphatic heterocycles. The lowest BCUT2D eigenvalue weighted by atomic mass is 10.0. The number of aliphatic hydroxyl groups is 3. The first kappa shape index (κ1) is 16.0. The van der Waals surface area contributed by atoms with Gasteiger partial charge in [-0.05, 0) is 19.9 Å². The van der Waals surface area contributed by atoms with Crippen molar-refractivity contribution in [1.82, 2.24) is 9.97 Å². The van der Waals surface area contributed by atoms with Crippen molar-refractivity contribution in [2.24, 2.45) is 0 Å². The maximum Gasteiger partial charge on any atom is 0.255 e. The zero-order valence-electron chi connectivity index (χ0n) is 12.6. The van der Waals surface area contributed by atoms with Crippen LogP contribution in [-0.4, -0.2) is 50.2 Å². The molecule has 0 spiro atoms. The number of nitrogens with one attached hydrogen (secondary N) is 1. The van der Waals surface area contributed by atoms with Crippen molar-refractivity contribution < 1.29 is 24.4 Å². The third-order valence-corrected chi connectivity index (χ3v) is 4.29. The maximum absolute atomic E-state index is 14.4. The number of aryl methyl sites for hydroxylation is 1. The highest BCUT2D eigenvalue weighted by Gasteiger charge is 2.44.